The third-order valence-corrected chi connectivity index (χ3v) is 2.70. The highest BCUT2D eigenvalue weighted by Crippen LogP contribution is 1.99. The number of aromatic nitrogens is 1. The number of unbranched alkanes of at least 4 members (excludes halogenated alkanes) is 1. The number of hydrogen-bond donors (Lipinski definition) is 0. The van der Waals surface area contributed by atoms with Crippen LogP contribution in [0.1, 0.15) is 19.8 Å². The van der Waals surface area contributed by atoms with Gasteiger partial charge >= 0.3 is 0 Å². The molecule has 1 aromatic rings. The van der Waals surface area contributed by atoms with Crippen LogP contribution in [0, 0.1) is 3.57 Å². The van der Waals surface area contributed by atoms with E-state index in [9.17, 15) is 4.79 Å². The molecule has 0 radical (unpaired) electrons. The van der Waals surface area contributed by atoms with Gasteiger partial charge in [0.15, 0.2) is 0 Å². The van der Waals surface area contributed by atoms with E-state index in [1.165, 1.54) is 0 Å². The maximum atomic E-state index is 11.4. The lowest BCUT2D eigenvalue weighted by Crippen LogP contribution is -2.21. The third kappa shape index (κ3) is 4.79. The third-order valence-electron chi connectivity index (χ3n) is 2.07. The van der Waals surface area contributed by atoms with Crippen LogP contribution < -0.4 is 5.56 Å². The topological polar surface area (TPSA) is 31.2 Å². The fourth-order valence-corrected chi connectivity index (χ4v) is 1.70. The summed E-state index contributed by atoms with van der Waals surface area (Å²) in [5, 5.41) is 0. The van der Waals surface area contributed by atoms with Crippen molar-refractivity contribution in [3.05, 3.63) is 32.3 Å². The molecule has 1 heterocycles. The average Bonchev–Trinajstić information content (AvgIpc) is 2.23. The maximum absolute atomic E-state index is 11.4. The Bertz CT molecular complexity index is 349. The minimum absolute atomic E-state index is 0.0366. The van der Waals surface area contributed by atoms with Gasteiger partial charge in [-0.25, -0.2) is 0 Å². The fourth-order valence-electron chi connectivity index (χ4n) is 1.19. The molecule has 0 aliphatic carbocycles. The first kappa shape index (κ1) is 12.7. The molecule has 84 valence electrons. The van der Waals surface area contributed by atoms with Crippen molar-refractivity contribution in [3.63, 3.8) is 0 Å². The summed E-state index contributed by atoms with van der Waals surface area (Å²) >= 11 is 2.20. The quantitative estimate of drug-likeness (QED) is 0.594. The maximum Gasteiger partial charge on any atom is 0.250 e. The van der Waals surface area contributed by atoms with Gasteiger partial charge in [-0.3, -0.25) is 4.79 Å². The molecule has 0 N–H and O–H groups in total. The van der Waals surface area contributed by atoms with Crippen molar-refractivity contribution >= 4 is 22.6 Å². The van der Waals surface area contributed by atoms with E-state index in [1.807, 2.05) is 12.3 Å². The summed E-state index contributed by atoms with van der Waals surface area (Å²) in [5.74, 6) is 0. The van der Waals surface area contributed by atoms with Crippen LogP contribution in [0.5, 0.6) is 0 Å². The zero-order valence-electron chi connectivity index (χ0n) is 8.91. The number of nitrogens with zero attached hydrogens (tertiary/aromatic N) is 1. The molecule has 0 aliphatic rings. The van der Waals surface area contributed by atoms with E-state index in [0.717, 1.165) is 23.0 Å². The van der Waals surface area contributed by atoms with Gasteiger partial charge in [-0.15, -0.1) is 0 Å². The Morgan fingerprint density at radius 1 is 1.40 bits per heavy atom. The lowest BCUT2D eigenvalue weighted by atomic mass is 10.4. The molecule has 3 nitrogen and oxygen atoms in total. The van der Waals surface area contributed by atoms with E-state index in [0.29, 0.717) is 13.2 Å². The SMILES string of the molecule is CCCCOCCn1cc(I)ccc1=O. The molecule has 4 heteroatoms. The van der Waals surface area contributed by atoms with Gasteiger partial charge in [-0.1, -0.05) is 13.3 Å². The minimum Gasteiger partial charge on any atom is -0.380 e. The second-order valence-electron chi connectivity index (χ2n) is 3.34. The summed E-state index contributed by atoms with van der Waals surface area (Å²) in [6, 6.07) is 3.41. The molecule has 0 amide bonds. The van der Waals surface area contributed by atoms with Gasteiger partial charge in [0.2, 0.25) is 0 Å². The molecular formula is C11H16INO2. The summed E-state index contributed by atoms with van der Waals surface area (Å²) in [7, 11) is 0. The molecular weight excluding hydrogens is 305 g/mol. The van der Waals surface area contributed by atoms with Crippen LogP contribution in [0.2, 0.25) is 0 Å². The van der Waals surface area contributed by atoms with Crippen LogP contribution in [0.3, 0.4) is 0 Å². The number of halogens is 1. The Morgan fingerprint density at radius 3 is 2.93 bits per heavy atom. The van der Waals surface area contributed by atoms with Crippen molar-refractivity contribution in [3.8, 4) is 0 Å². The van der Waals surface area contributed by atoms with Crippen molar-refractivity contribution in [2.45, 2.75) is 26.3 Å². The summed E-state index contributed by atoms with van der Waals surface area (Å²) in [4.78, 5) is 11.4. The molecule has 0 bridgehead atoms. The molecule has 0 saturated carbocycles. The highest BCUT2D eigenvalue weighted by molar-refractivity contribution is 14.1. The van der Waals surface area contributed by atoms with Gasteiger partial charge in [0.1, 0.15) is 0 Å². The zero-order chi connectivity index (χ0) is 11.1. The number of pyridine rings is 1. The largest absolute Gasteiger partial charge is 0.380 e. The zero-order valence-corrected chi connectivity index (χ0v) is 11.1. The van der Waals surface area contributed by atoms with Crippen LogP contribution in [0.15, 0.2) is 23.1 Å². The van der Waals surface area contributed by atoms with E-state index in [2.05, 4.69) is 29.5 Å². The van der Waals surface area contributed by atoms with Crippen molar-refractivity contribution in [1.29, 1.82) is 0 Å². The van der Waals surface area contributed by atoms with Crippen LogP contribution >= 0.6 is 22.6 Å². The predicted octanol–water partition coefficient (Wildman–Crippen LogP) is 2.27. The van der Waals surface area contributed by atoms with Gasteiger partial charge in [0, 0.05) is 29.0 Å². The Balaban J connectivity index is 2.37. The van der Waals surface area contributed by atoms with E-state index < -0.39 is 0 Å². The van der Waals surface area contributed by atoms with Gasteiger partial charge in [0.05, 0.1) is 6.61 Å². The van der Waals surface area contributed by atoms with Crippen molar-refractivity contribution < 1.29 is 4.74 Å². The molecule has 1 rings (SSSR count). The van der Waals surface area contributed by atoms with E-state index in [4.69, 9.17) is 4.74 Å². The van der Waals surface area contributed by atoms with Crippen LogP contribution in [-0.2, 0) is 11.3 Å². The number of rotatable bonds is 6. The Kier molecular flexibility index (Phi) is 5.93. The standard InChI is InChI=1S/C11H16INO2/c1-2-3-7-15-8-6-13-9-10(12)4-5-11(13)14/h4-5,9H,2-3,6-8H2,1H3. The Morgan fingerprint density at radius 2 is 2.20 bits per heavy atom. The van der Waals surface area contributed by atoms with E-state index in [1.54, 1.807) is 10.6 Å². The van der Waals surface area contributed by atoms with Gasteiger partial charge in [-0.05, 0) is 35.1 Å². The van der Waals surface area contributed by atoms with Crippen molar-refractivity contribution in [1.82, 2.24) is 4.57 Å². The molecule has 0 spiro atoms. The van der Waals surface area contributed by atoms with Crippen LogP contribution in [0.4, 0.5) is 0 Å². The lowest BCUT2D eigenvalue weighted by molar-refractivity contribution is 0.123. The van der Waals surface area contributed by atoms with Gasteiger partial charge < -0.3 is 9.30 Å². The molecule has 0 unspecified atom stereocenters. The Labute approximate surface area is 104 Å². The van der Waals surface area contributed by atoms with Crippen LogP contribution in [-0.4, -0.2) is 17.8 Å². The normalized spacial score (nSPS) is 10.5. The summed E-state index contributed by atoms with van der Waals surface area (Å²) in [6.45, 7) is 4.17. The summed E-state index contributed by atoms with van der Waals surface area (Å²) in [6.07, 6.45) is 4.08. The highest BCUT2D eigenvalue weighted by Gasteiger charge is 1.96. The predicted molar refractivity (Wildman–Crippen MR) is 69.1 cm³/mol. The van der Waals surface area contributed by atoms with Crippen molar-refractivity contribution in [2.24, 2.45) is 0 Å². The lowest BCUT2D eigenvalue weighted by Gasteiger charge is -2.06. The van der Waals surface area contributed by atoms with E-state index in [-0.39, 0.29) is 5.56 Å². The second-order valence-corrected chi connectivity index (χ2v) is 4.59. The van der Waals surface area contributed by atoms with Crippen molar-refractivity contribution in [2.75, 3.05) is 13.2 Å². The summed E-state index contributed by atoms with van der Waals surface area (Å²) < 4.78 is 8.17. The molecule has 0 fully saturated rings. The Hall–Kier alpha value is -0.360. The number of ether oxygens (including phenoxy) is 1. The average molecular weight is 321 g/mol. The second kappa shape index (κ2) is 7.00. The fraction of sp³-hybridized carbons (Fsp3) is 0.545. The monoisotopic (exact) mass is 321 g/mol. The smallest absolute Gasteiger partial charge is 0.250 e. The minimum atomic E-state index is 0.0366. The summed E-state index contributed by atoms with van der Waals surface area (Å²) in [5.41, 5.74) is 0.0366. The van der Waals surface area contributed by atoms with Gasteiger partial charge in [0.25, 0.3) is 5.56 Å². The molecule has 0 aromatic carbocycles. The molecule has 1 aromatic heterocycles. The molecule has 0 aliphatic heterocycles. The van der Waals surface area contributed by atoms with Gasteiger partial charge in [-0.2, -0.15) is 0 Å². The molecule has 0 atom stereocenters. The highest BCUT2D eigenvalue weighted by atomic mass is 127. The first-order valence-electron chi connectivity index (χ1n) is 5.17. The first-order valence-corrected chi connectivity index (χ1v) is 6.25. The first-order chi connectivity index (χ1) is 7.24. The van der Waals surface area contributed by atoms with Crippen LogP contribution in [0.25, 0.3) is 0 Å². The molecule has 15 heavy (non-hydrogen) atoms. The molecule has 0 saturated heterocycles. The number of hydrogen-bond acceptors (Lipinski definition) is 2. The van der Waals surface area contributed by atoms with E-state index >= 15 is 0 Å².